The van der Waals surface area contributed by atoms with Crippen molar-refractivity contribution in [2.45, 2.75) is 39.7 Å². The van der Waals surface area contributed by atoms with Gasteiger partial charge < -0.3 is 9.42 Å². The summed E-state index contributed by atoms with van der Waals surface area (Å²) in [5, 5.41) is 8.45. The third-order valence-electron chi connectivity index (χ3n) is 4.86. The number of carbonyl (C=O) groups excluding carboxylic acids is 1. The van der Waals surface area contributed by atoms with Crippen LogP contribution in [0.3, 0.4) is 0 Å². The number of aromatic nitrogens is 3. The van der Waals surface area contributed by atoms with Crippen LogP contribution in [-0.2, 0) is 0 Å². The molecule has 1 atom stereocenters. The van der Waals surface area contributed by atoms with E-state index in [1.165, 1.54) is 0 Å². The summed E-state index contributed by atoms with van der Waals surface area (Å²) in [7, 11) is 0. The molecule has 1 aliphatic heterocycles. The van der Waals surface area contributed by atoms with Crippen molar-refractivity contribution in [2.75, 3.05) is 6.54 Å². The van der Waals surface area contributed by atoms with Crippen LogP contribution in [0.15, 0.2) is 40.9 Å². The van der Waals surface area contributed by atoms with Crippen LogP contribution in [0, 0.1) is 20.8 Å². The zero-order valence-electron chi connectivity index (χ0n) is 15.3. The van der Waals surface area contributed by atoms with Crippen LogP contribution >= 0.6 is 0 Å². The van der Waals surface area contributed by atoms with E-state index in [9.17, 15) is 4.79 Å². The van der Waals surface area contributed by atoms with Gasteiger partial charge in [0.1, 0.15) is 0 Å². The number of hydrogen-bond donors (Lipinski definition) is 0. The zero-order valence-corrected chi connectivity index (χ0v) is 15.3. The van der Waals surface area contributed by atoms with Gasteiger partial charge in [-0.1, -0.05) is 5.16 Å². The number of rotatable bonds is 3. The fourth-order valence-corrected chi connectivity index (χ4v) is 3.65. The lowest BCUT2D eigenvalue weighted by molar-refractivity contribution is 0.0714. The molecule has 134 valence electrons. The largest absolute Gasteiger partial charge is 0.359 e. The Kier molecular flexibility index (Phi) is 4.11. The number of nitrogens with zero attached hydrogens (tertiary/aromatic N) is 4. The van der Waals surface area contributed by atoms with Gasteiger partial charge in [-0.05, 0) is 63.9 Å². The molecule has 26 heavy (non-hydrogen) atoms. The molecule has 1 fully saturated rings. The number of hydrogen-bond acceptors (Lipinski definition) is 4. The van der Waals surface area contributed by atoms with E-state index < -0.39 is 0 Å². The molecule has 1 aromatic carbocycles. The predicted octanol–water partition coefficient (Wildman–Crippen LogP) is 3.76. The molecule has 0 aliphatic carbocycles. The van der Waals surface area contributed by atoms with Gasteiger partial charge in [0.25, 0.3) is 5.91 Å². The van der Waals surface area contributed by atoms with Gasteiger partial charge in [0.05, 0.1) is 23.1 Å². The maximum absolute atomic E-state index is 13.0. The first-order valence-electron chi connectivity index (χ1n) is 8.91. The summed E-state index contributed by atoms with van der Waals surface area (Å²) in [6, 6.07) is 11.5. The number of benzene rings is 1. The van der Waals surface area contributed by atoms with Crippen molar-refractivity contribution in [3.63, 3.8) is 0 Å². The van der Waals surface area contributed by atoms with Crippen LogP contribution in [-0.4, -0.2) is 32.3 Å². The molecule has 0 saturated carbocycles. The summed E-state index contributed by atoms with van der Waals surface area (Å²) >= 11 is 0. The highest BCUT2D eigenvalue weighted by Gasteiger charge is 2.33. The Labute approximate surface area is 152 Å². The molecule has 3 heterocycles. The molecule has 1 aliphatic rings. The lowest BCUT2D eigenvalue weighted by atomic mass is 10.1. The SMILES string of the molecule is Cc1cc([C@@H]2CCCN2C(=O)c2ccc(-n3nc(C)cc3C)cc2)on1. The third kappa shape index (κ3) is 2.92. The molecule has 0 bridgehead atoms. The minimum absolute atomic E-state index is 0.0283. The molecule has 0 spiro atoms. The maximum Gasteiger partial charge on any atom is 0.254 e. The average Bonchev–Trinajstić information content (AvgIpc) is 3.34. The molecular weight excluding hydrogens is 328 g/mol. The molecule has 1 saturated heterocycles. The summed E-state index contributed by atoms with van der Waals surface area (Å²) in [6.07, 6.45) is 1.88. The first kappa shape index (κ1) is 16.6. The molecule has 6 nitrogen and oxygen atoms in total. The van der Waals surface area contributed by atoms with E-state index in [0.29, 0.717) is 5.56 Å². The second-order valence-electron chi connectivity index (χ2n) is 6.91. The minimum atomic E-state index is -0.0283. The van der Waals surface area contributed by atoms with E-state index >= 15 is 0 Å². The Morgan fingerprint density at radius 3 is 2.50 bits per heavy atom. The van der Waals surface area contributed by atoms with Gasteiger partial charge in [0.2, 0.25) is 0 Å². The smallest absolute Gasteiger partial charge is 0.254 e. The maximum atomic E-state index is 13.0. The normalized spacial score (nSPS) is 17.0. The fraction of sp³-hybridized carbons (Fsp3) is 0.350. The fourth-order valence-electron chi connectivity index (χ4n) is 3.65. The van der Waals surface area contributed by atoms with Crippen LogP contribution < -0.4 is 0 Å². The Morgan fingerprint density at radius 2 is 1.88 bits per heavy atom. The zero-order chi connectivity index (χ0) is 18.3. The summed E-state index contributed by atoms with van der Waals surface area (Å²) < 4.78 is 7.29. The summed E-state index contributed by atoms with van der Waals surface area (Å²) in [5.74, 6) is 0.800. The molecule has 4 rings (SSSR count). The number of carbonyl (C=O) groups is 1. The van der Waals surface area contributed by atoms with Gasteiger partial charge in [0, 0.05) is 23.9 Å². The second-order valence-corrected chi connectivity index (χ2v) is 6.91. The highest BCUT2D eigenvalue weighted by atomic mass is 16.5. The van der Waals surface area contributed by atoms with Crippen molar-refractivity contribution in [1.29, 1.82) is 0 Å². The van der Waals surface area contributed by atoms with Crippen molar-refractivity contribution in [3.8, 4) is 5.69 Å². The van der Waals surface area contributed by atoms with Gasteiger partial charge in [0.15, 0.2) is 5.76 Å². The van der Waals surface area contributed by atoms with Crippen molar-refractivity contribution in [2.24, 2.45) is 0 Å². The Bertz CT molecular complexity index is 939. The van der Waals surface area contributed by atoms with Gasteiger partial charge in [-0.3, -0.25) is 4.79 Å². The van der Waals surface area contributed by atoms with Crippen LogP contribution in [0.2, 0.25) is 0 Å². The Hall–Kier alpha value is -2.89. The topological polar surface area (TPSA) is 64.2 Å². The predicted molar refractivity (Wildman–Crippen MR) is 97.3 cm³/mol. The highest BCUT2D eigenvalue weighted by Crippen LogP contribution is 2.33. The van der Waals surface area contributed by atoms with Crippen LogP contribution in [0.25, 0.3) is 5.69 Å². The van der Waals surface area contributed by atoms with Crippen LogP contribution in [0.4, 0.5) is 0 Å². The molecule has 6 heteroatoms. The first-order chi connectivity index (χ1) is 12.5. The molecule has 1 amide bonds. The molecule has 3 aromatic rings. The van der Waals surface area contributed by atoms with Gasteiger partial charge >= 0.3 is 0 Å². The summed E-state index contributed by atoms with van der Waals surface area (Å²) in [4.78, 5) is 14.9. The van der Waals surface area contributed by atoms with Gasteiger partial charge in [-0.2, -0.15) is 5.10 Å². The van der Waals surface area contributed by atoms with Crippen molar-refractivity contribution < 1.29 is 9.32 Å². The van der Waals surface area contributed by atoms with E-state index in [-0.39, 0.29) is 11.9 Å². The first-order valence-corrected chi connectivity index (χ1v) is 8.91. The quantitative estimate of drug-likeness (QED) is 0.721. The van der Waals surface area contributed by atoms with E-state index in [4.69, 9.17) is 4.52 Å². The average molecular weight is 350 g/mol. The van der Waals surface area contributed by atoms with Crippen LogP contribution in [0.1, 0.15) is 52.1 Å². The van der Waals surface area contributed by atoms with Gasteiger partial charge in [-0.25, -0.2) is 4.68 Å². The Balaban J connectivity index is 1.57. The molecule has 0 N–H and O–H groups in total. The van der Waals surface area contributed by atoms with E-state index in [1.54, 1.807) is 0 Å². The molecular formula is C20H22N4O2. The number of amides is 1. The van der Waals surface area contributed by atoms with E-state index in [1.807, 2.05) is 66.8 Å². The van der Waals surface area contributed by atoms with Crippen LogP contribution in [0.5, 0.6) is 0 Å². The summed E-state index contributed by atoms with van der Waals surface area (Å²) in [5.41, 5.74) is 4.52. The third-order valence-corrected chi connectivity index (χ3v) is 4.86. The van der Waals surface area contributed by atoms with Crippen molar-refractivity contribution in [3.05, 3.63) is 64.8 Å². The van der Waals surface area contributed by atoms with Crippen molar-refractivity contribution >= 4 is 5.91 Å². The minimum Gasteiger partial charge on any atom is -0.359 e. The standard InChI is InChI=1S/C20H22N4O2/c1-13-11-15(3)24(21-13)17-8-6-16(7-9-17)20(25)23-10-4-5-18(23)19-12-14(2)22-26-19/h6-9,11-12,18H,4-5,10H2,1-3H3/t18-/m0/s1. The number of likely N-dealkylation sites (tertiary alicyclic amines) is 1. The van der Waals surface area contributed by atoms with E-state index in [2.05, 4.69) is 10.3 Å². The lowest BCUT2D eigenvalue weighted by Gasteiger charge is -2.22. The lowest BCUT2D eigenvalue weighted by Crippen LogP contribution is -2.30. The van der Waals surface area contributed by atoms with E-state index in [0.717, 1.165) is 47.9 Å². The second kappa shape index (κ2) is 6.44. The molecule has 0 unspecified atom stereocenters. The Morgan fingerprint density at radius 1 is 1.12 bits per heavy atom. The molecule has 0 radical (unpaired) electrons. The monoisotopic (exact) mass is 350 g/mol. The highest BCUT2D eigenvalue weighted by molar-refractivity contribution is 5.94. The van der Waals surface area contributed by atoms with Gasteiger partial charge in [-0.15, -0.1) is 0 Å². The van der Waals surface area contributed by atoms with Crippen molar-refractivity contribution in [1.82, 2.24) is 19.8 Å². The summed E-state index contributed by atoms with van der Waals surface area (Å²) in [6.45, 7) is 6.63. The number of aryl methyl sites for hydroxylation is 3. The molecule has 2 aromatic heterocycles.